The third-order valence-electron chi connectivity index (χ3n) is 8.47. The number of hydrogen-bond donors (Lipinski definition) is 2. The van der Waals surface area contributed by atoms with Gasteiger partial charge in [-0.1, -0.05) is 19.3 Å². The van der Waals surface area contributed by atoms with Crippen LogP contribution >= 0.6 is 0 Å². The smallest absolute Gasteiger partial charge is 0.232 e. The van der Waals surface area contributed by atoms with Gasteiger partial charge in [-0.3, -0.25) is 0 Å². The van der Waals surface area contributed by atoms with Crippen molar-refractivity contribution in [2.24, 2.45) is 5.73 Å². The molecule has 2 saturated heterocycles. The molecule has 0 atom stereocenters. The van der Waals surface area contributed by atoms with E-state index in [-0.39, 0.29) is 28.2 Å². The van der Waals surface area contributed by atoms with Gasteiger partial charge in [-0.25, -0.2) is 0 Å². The Morgan fingerprint density at radius 1 is 0.676 bits per heavy atom. The summed E-state index contributed by atoms with van der Waals surface area (Å²) >= 11 is 0. The van der Waals surface area contributed by atoms with Gasteiger partial charge in [0.1, 0.15) is 0 Å². The fourth-order valence-corrected chi connectivity index (χ4v) is 7.48. The van der Waals surface area contributed by atoms with Crippen molar-refractivity contribution in [1.29, 1.82) is 0 Å². The summed E-state index contributed by atoms with van der Waals surface area (Å²) in [5.41, 5.74) is 6.18. The van der Waals surface area contributed by atoms with Crippen LogP contribution in [0.15, 0.2) is 0 Å². The predicted molar refractivity (Wildman–Crippen MR) is 143 cm³/mol. The Balaban J connectivity index is 1.82. The summed E-state index contributed by atoms with van der Waals surface area (Å²) < 4.78 is 0. The second-order valence-corrected chi connectivity index (χ2v) is 13.7. The summed E-state index contributed by atoms with van der Waals surface area (Å²) in [5.74, 6) is 2.31. The van der Waals surface area contributed by atoms with Crippen molar-refractivity contribution < 1.29 is 0 Å². The SMILES string of the molecule is CC1(C)CCCC(C)(C)N1c1nc(NC2CCCCC2)nc(N2C(C)(C)CC(N)CC2(C)C)n1. The average molecular weight is 472 g/mol. The van der Waals surface area contributed by atoms with E-state index in [4.69, 9.17) is 20.7 Å². The maximum absolute atomic E-state index is 6.50. The molecule has 192 valence electrons. The van der Waals surface area contributed by atoms with Crippen molar-refractivity contribution in [1.82, 2.24) is 15.0 Å². The third-order valence-corrected chi connectivity index (χ3v) is 8.47. The molecule has 0 amide bonds. The van der Waals surface area contributed by atoms with Crippen LogP contribution in [0.1, 0.15) is 120 Å². The highest BCUT2D eigenvalue weighted by Gasteiger charge is 2.47. The number of nitrogens with one attached hydrogen (secondary N) is 1. The van der Waals surface area contributed by atoms with Crippen molar-refractivity contribution in [2.75, 3.05) is 15.1 Å². The minimum absolute atomic E-state index is 0.0161. The number of anilines is 3. The van der Waals surface area contributed by atoms with E-state index >= 15 is 0 Å². The number of rotatable bonds is 4. The fourth-order valence-electron chi connectivity index (χ4n) is 7.48. The summed E-state index contributed by atoms with van der Waals surface area (Å²) in [5, 5.41) is 3.72. The summed E-state index contributed by atoms with van der Waals surface area (Å²) in [6, 6.07) is 0.623. The van der Waals surface area contributed by atoms with Gasteiger partial charge in [0.15, 0.2) is 0 Å². The lowest BCUT2D eigenvalue weighted by Crippen LogP contribution is -2.64. The average Bonchev–Trinajstić information content (AvgIpc) is 2.64. The van der Waals surface area contributed by atoms with Gasteiger partial charge in [0.2, 0.25) is 17.8 Å². The number of piperidine rings is 2. The molecule has 1 aromatic heterocycles. The summed E-state index contributed by atoms with van der Waals surface area (Å²) in [6.45, 7) is 18.4. The van der Waals surface area contributed by atoms with Crippen LogP contribution in [-0.4, -0.2) is 49.2 Å². The molecule has 7 nitrogen and oxygen atoms in total. The van der Waals surface area contributed by atoms with E-state index in [1.165, 1.54) is 38.5 Å². The standard InChI is InChI=1S/C27H49N7/c1-24(2)15-12-16-25(3,4)33(24)22-30-21(29-20-13-10-9-11-14-20)31-23(32-22)34-26(5,6)17-19(28)18-27(34,7)8/h19-20H,9-18,28H2,1-8H3,(H,29,30,31,32). The van der Waals surface area contributed by atoms with Crippen LogP contribution in [0.5, 0.6) is 0 Å². The van der Waals surface area contributed by atoms with Gasteiger partial charge in [0, 0.05) is 34.2 Å². The van der Waals surface area contributed by atoms with E-state index in [0.29, 0.717) is 6.04 Å². The van der Waals surface area contributed by atoms with E-state index in [0.717, 1.165) is 43.5 Å². The number of nitrogens with zero attached hydrogens (tertiary/aromatic N) is 5. The van der Waals surface area contributed by atoms with Gasteiger partial charge in [0.05, 0.1) is 0 Å². The molecule has 0 bridgehead atoms. The molecule has 3 aliphatic rings. The Bertz CT molecular complexity index is 836. The van der Waals surface area contributed by atoms with Crippen molar-refractivity contribution in [3.05, 3.63) is 0 Å². The molecule has 1 aromatic rings. The highest BCUT2D eigenvalue weighted by Crippen LogP contribution is 2.44. The normalized spacial score (nSPS) is 27.0. The van der Waals surface area contributed by atoms with Crippen LogP contribution < -0.4 is 20.9 Å². The third kappa shape index (κ3) is 5.00. The first-order valence-electron chi connectivity index (χ1n) is 13.6. The molecule has 34 heavy (non-hydrogen) atoms. The summed E-state index contributed by atoms with van der Waals surface area (Å²) in [7, 11) is 0. The molecule has 0 spiro atoms. The first kappa shape index (κ1) is 25.5. The molecular weight excluding hydrogens is 422 g/mol. The van der Waals surface area contributed by atoms with Gasteiger partial charge in [0.25, 0.3) is 0 Å². The van der Waals surface area contributed by atoms with E-state index in [1.54, 1.807) is 0 Å². The topological polar surface area (TPSA) is 83.2 Å². The van der Waals surface area contributed by atoms with E-state index in [2.05, 4.69) is 70.5 Å². The maximum atomic E-state index is 6.50. The van der Waals surface area contributed by atoms with Crippen molar-refractivity contribution in [2.45, 2.75) is 154 Å². The minimum Gasteiger partial charge on any atom is -0.351 e. The van der Waals surface area contributed by atoms with Crippen molar-refractivity contribution >= 4 is 17.8 Å². The minimum atomic E-state index is -0.144. The van der Waals surface area contributed by atoms with E-state index in [1.807, 2.05) is 0 Å². The molecule has 3 fully saturated rings. The molecule has 0 aromatic carbocycles. The van der Waals surface area contributed by atoms with Crippen LogP contribution in [0.3, 0.4) is 0 Å². The number of aromatic nitrogens is 3. The summed E-state index contributed by atoms with van der Waals surface area (Å²) in [6.07, 6.45) is 11.6. The lowest BCUT2D eigenvalue weighted by atomic mass is 9.77. The van der Waals surface area contributed by atoms with Gasteiger partial charge < -0.3 is 20.9 Å². The molecule has 3 N–H and O–H groups in total. The number of hydrogen-bond acceptors (Lipinski definition) is 7. The highest BCUT2D eigenvalue weighted by atomic mass is 15.4. The van der Waals surface area contributed by atoms with Crippen LogP contribution in [0.4, 0.5) is 17.8 Å². The molecule has 0 radical (unpaired) electrons. The fraction of sp³-hybridized carbons (Fsp3) is 0.889. The van der Waals surface area contributed by atoms with E-state index < -0.39 is 0 Å². The zero-order valence-electron chi connectivity index (χ0n) is 23.0. The van der Waals surface area contributed by atoms with Crippen molar-refractivity contribution in [3.63, 3.8) is 0 Å². The Labute approximate surface area is 207 Å². The van der Waals surface area contributed by atoms with Gasteiger partial charge in [-0.05, 0) is 100 Å². The van der Waals surface area contributed by atoms with Gasteiger partial charge in [-0.15, -0.1) is 0 Å². The molecule has 7 heteroatoms. The lowest BCUT2D eigenvalue weighted by molar-refractivity contribution is 0.215. The Kier molecular flexibility index (Phi) is 6.58. The Morgan fingerprint density at radius 2 is 1.15 bits per heavy atom. The first-order chi connectivity index (χ1) is 15.7. The number of nitrogens with two attached hydrogens (primary N) is 1. The quantitative estimate of drug-likeness (QED) is 0.587. The zero-order chi connectivity index (χ0) is 24.9. The predicted octanol–water partition coefficient (Wildman–Crippen LogP) is 5.65. The Morgan fingerprint density at radius 3 is 1.65 bits per heavy atom. The van der Waals surface area contributed by atoms with Crippen LogP contribution in [0, 0.1) is 0 Å². The largest absolute Gasteiger partial charge is 0.351 e. The van der Waals surface area contributed by atoms with Crippen LogP contribution in [-0.2, 0) is 0 Å². The molecular formula is C27H49N7. The first-order valence-corrected chi connectivity index (χ1v) is 13.6. The highest BCUT2D eigenvalue weighted by molar-refractivity contribution is 5.52. The molecule has 2 aliphatic heterocycles. The van der Waals surface area contributed by atoms with Crippen molar-refractivity contribution in [3.8, 4) is 0 Å². The zero-order valence-corrected chi connectivity index (χ0v) is 23.0. The second kappa shape index (κ2) is 8.79. The maximum Gasteiger partial charge on any atom is 0.232 e. The van der Waals surface area contributed by atoms with Gasteiger partial charge >= 0.3 is 0 Å². The Hall–Kier alpha value is -1.63. The molecule has 3 heterocycles. The molecule has 1 aliphatic carbocycles. The molecule has 1 saturated carbocycles. The van der Waals surface area contributed by atoms with E-state index in [9.17, 15) is 0 Å². The lowest BCUT2D eigenvalue weighted by Gasteiger charge is -2.55. The molecule has 4 rings (SSSR count). The monoisotopic (exact) mass is 471 g/mol. The molecule has 0 unspecified atom stereocenters. The second-order valence-electron chi connectivity index (χ2n) is 13.7. The van der Waals surface area contributed by atoms with Crippen LogP contribution in [0.25, 0.3) is 0 Å². The van der Waals surface area contributed by atoms with Gasteiger partial charge in [-0.2, -0.15) is 15.0 Å². The summed E-state index contributed by atoms with van der Waals surface area (Å²) in [4.78, 5) is 20.3. The van der Waals surface area contributed by atoms with Crippen LogP contribution in [0.2, 0.25) is 0 Å².